The molecule has 0 saturated carbocycles. The molecule has 0 aliphatic carbocycles. The molecule has 0 saturated heterocycles. The minimum Gasteiger partial charge on any atom is -0.488 e. The lowest BCUT2D eigenvalue weighted by atomic mass is 10.2. The first kappa shape index (κ1) is 13.8. The van der Waals surface area contributed by atoms with Gasteiger partial charge in [0, 0.05) is 35.1 Å². The molecule has 0 atom stereocenters. The standard InChI is InChI=1S/C15H17ClN2O/c1-2-17-9-13-10-18-8-7-15(13)19-11-12-5-3-4-6-14(12)16/h3-8,10,17H,2,9,11H2,1H3. The van der Waals surface area contributed by atoms with Crippen molar-refractivity contribution in [1.29, 1.82) is 0 Å². The van der Waals surface area contributed by atoms with Crippen molar-refractivity contribution in [1.82, 2.24) is 10.3 Å². The van der Waals surface area contributed by atoms with Crippen LogP contribution in [0.25, 0.3) is 0 Å². The smallest absolute Gasteiger partial charge is 0.127 e. The molecule has 1 N–H and O–H groups in total. The van der Waals surface area contributed by atoms with Crippen LogP contribution in [0.2, 0.25) is 5.02 Å². The summed E-state index contributed by atoms with van der Waals surface area (Å²) in [6, 6.07) is 9.58. The lowest BCUT2D eigenvalue weighted by Gasteiger charge is -2.12. The maximum absolute atomic E-state index is 6.11. The molecule has 0 aliphatic heterocycles. The van der Waals surface area contributed by atoms with Gasteiger partial charge >= 0.3 is 0 Å². The Morgan fingerprint density at radius 1 is 1.21 bits per heavy atom. The summed E-state index contributed by atoms with van der Waals surface area (Å²) in [5, 5.41) is 4.00. The summed E-state index contributed by atoms with van der Waals surface area (Å²) in [6.07, 6.45) is 3.56. The average molecular weight is 277 g/mol. The Morgan fingerprint density at radius 2 is 2.05 bits per heavy atom. The van der Waals surface area contributed by atoms with Crippen molar-refractivity contribution in [2.45, 2.75) is 20.1 Å². The van der Waals surface area contributed by atoms with Crippen LogP contribution in [0.4, 0.5) is 0 Å². The molecule has 1 heterocycles. The molecule has 0 radical (unpaired) electrons. The summed E-state index contributed by atoms with van der Waals surface area (Å²) in [5.41, 5.74) is 2.03. The first-order chi connectivity index (χ1) is 9.31. The number of nitrogens with zero attached hydrogens (tertiary/aromatic N) is 1. The van der Waals surface area contributed by atoms with E-state index in [1.807, 2.05) is 36.5 Å². The third-order valence-corrected chi connectivity index (χ3v) is 3.13. The van der Waals surface area contributed by atoms with Gasteiger partial charge in [0.25, 0.3) is 0 Å². The van der Waals surface area contributed by atoms with E-state index >= 15 is 0 Å². The van der Waals surface area contributed by atoms with E-state index in [0.717, 1.165) is 35.0 Å². The normalized spacial score (nSPS) is 10.4. The van der Waals surface area contributed by atoms with Crippen LogP contribution >= 0.6 is 11.6 Å². The molecule has 0 fully saturated rings. The Labute approximate surface area is 118 Å². The number of hydrogen-bond donors (Lipinski definition) is 1. The molecule has 0 bridgehead atoms. The molecule has 0 aliphatic rings. The van der Waals surface area contributed by atoms with E-state index in [9.17, 15) is 0 Å². The second kappa shape index (κ2) is 7.12. The topological polar surface area (TPSA) is 34.2 Å². The number of benzene rings is 1. The quantitative estimate of drug-likeness (QED) is 0.878. The number of rotatable bonds is 6. The fraction of sp³-hybridized carbons (Fsp3) is 0.267. The lowest BCUT2D eigenvalue weighted by molar-refractivity contribution is 0.302. The summed E-state index contributed by atoms with van der Waals surface area (Å²) in [4.78, 5) is 4.12. The van der Waals surface area contributed by atoms with Crippen LogP contribution in [0.15, 0.2) is 42.7 Å². The van der Waals surface area contributed by atoms with Crippen molar-refractivity contribution in [3.63, 3.8) is 0 Å². The monoisotopic (exact) mass is 276 g/mol. The van der Waals surface area contributed by atoms with Gasteiger partial charge in [-0.15, -0.1) is 0 Å². The van der Waals surface area contributed by atoms with Gasteiger partial charge in [0.15, 0.2) is 0 Å². The Balaban J connectivity index is 2.05. The van der Waals surface area contributed by atoms with Gasteiger partial charge in [0.05, 0.1) is 0 Å². The van der Waals surface area contributed by atoms with Crippen LogP contribution in [0.3, 0.4) is 0 Å². The van der Waals surface area contributed by atoms with Gasteiger partial charge in [-0.25, -0.2) is 0 Å². The Bertz CT molecular complexity index is 531. The third-order valence-electron chi connectivity index (χ3n) is 2.77. The molecule has 2 rings (SSSR count). The zero-order valence-electron chi connectivity index (χ0n) is 10.9. The number of aromatic nitrogens is 1. The molecule has 0 spiro atoms. The molecule has 0 unspecified atom stereocenters. The second-order valence-corrected chi connectivity index (χ2v) is 4.55. The van der Waals surface area contributed by atoms with Crippen LogP contribution in [-0.2, 0) is 13.2 Å². The van der Waals surface area contributed by atoms with Gasteiger partial charge in [-0.1, -0.05) is 36.7 Å². The van der Waals surface area contributed by atoms with Crippen molar-refractivity contribution >= 4 is 11.6 Å². The third kappa shape index (κ3) is 3.94. The molecule has 1 aromatic heterocycles. The fourth-order valence-corrected chi connectivity index (χ4v) is 1.91. The van der Waals surface area contributed by atoms with E-state index in [4.69, 9.17) is 16.3 Å². The van der Waals surface area contributed by atoms with Crippen LogP contribution in [0, 0.1) is 0 Å². The Hall–Kier alpha value is -1.58. The second-order valence-electron chi connectivity index (χ2n) is 4.14. The highest BCUT2D eigenvalue weighted by Crippen LogP contribution is 2.21. The predicted octanol–water partition coefficient (Wildman–Crippen LogP) is 3.42. The summed E-state index contributed by atoms with van der Waals surface area (Å²) < 4.78 is 5.84. The van der Waals surface area contributed by atoms with Crippen LogP contribution in [-0.4, -0.2) is 11.5 Å². The lowest BCUT2D eigenvalue weighted by Crippen LogP contribution is -2.13. The number of nitrogens with one attached hydrogen (secondary N) is 1. The van der Waals surface area contributed by atoms with Gasteiger partial charge in [-0.3, -0.25) is 4.98 Å². The van der Waals surface area contributed by atoms with E-state index in [0.29, 0.717) is 6.61 Å². The number of hydrogen-bond acceptors (Lipinski definition) is 3. The molecular formula is C15H17ClN2O. The van der Waals surface area contributed by atoms with E-state index in [1.165, 1.54) is 0 Å². The molecule has 4 heteroatoms. The molecule has 0 amide bonds. The number of ether oxygens (including phenoxy) is 1. The van der Waals surface area contributed by atoms with Crippen LogP contribution < -0.4 is 10.1 Å². The van der Waals surface area contributed by atoms with Gasteiger partial charge in [0.2, 0.25) is 0 Å². The van der Waals surface area contributed by atoms with Gasteiger partial charge in [-0.05, 0) is 18.7 Å². The molecule has 2 aromatic rings. The maximum Gasteiger partial charge on any atom is 0.127 e. The molecular weight excluding hydrogens is 260 g/mol. The first-order valence-corrected chi connectivity index (χ1v) is 6.69. The van der Waals surface area contributed by atoms with Crippen molar-refractivity contribution in [2.24, 2.45) is 0 Å². The molecule has 3 nitrogen and oxygen atoms in total. The Morgan fingerprint density at radius 3 is 2.84 bits per heavy atom. The van der Waals surface area contributed by atoms with Crippen LogP contribution in [0.1, 0.15) is 18.1 Å². The maximum atomic E-state index is 6.11. The molecule has 100 valence electrons. The predicted molar refractivity (Wildman–Crippen MR) is 77.4 cm³/mol. The first-order valence-electron chi connectivity index (χ1n) is 6.31. The molecule has 19 heavy (non-hydrogen) atoms. The summed E-state index contributed by atoms with van der Waals surface area (Å²) in [5.74, 6) is 0.843. The van der Waals surface area contributed by atoms with Crippen LogP contribution in [0.5, 0.6) is 5.75 Å². The van der Waals surface area contributed by atoms with Gasteiger partial charge < -0.3 is 10.1 Å². The minimum absolute atomic E-state index is 0.461. The van der Waals surface area contributed by atoms with E-state index in [-0.39, 0.29) is 0 Å². The minimum atomic E-state index is 0.461. The summed E-state index contributed by atoms with van der Waals surface area (Å²) in [6.45, 7) is 4.20. The summed E-state index contributed by atoms with van der Waals surface area (Å²) >= 11 is 6.11. The molecule has 1 aromatic carbocycles. The van der Waals surface area contributed by atoms with Crippen molar-refractivity contribution in [2.75, 3.05) is 6.54 Å². The highest BCUT2D eigenvalue weighted by atomic mass is 35.5. The van der Waals surface area contributed by atoms with Crippen molar-refractivity contribution in [3.05, 3.63) is 58.9 Å². The zero-order valence-corrected chi connectivity index (χ0v) is 11.7. The number of halogens is 1. The number of pyridine rings is 1. The van der Waals surface area contributed by atoms with Gasteiger partial charge in [0.1, 0.15) is 12.4 Å². The average Bonchev–Trinajstić information content (AvgIpc) is 2.45. The highest BCUT2D eigenvalue weighted by Gasteiger charge is 2.05. The highest BCUT2D eigenvalue weighted by molar-refractivity contribution is 6.31. The van der Waals surface area contributed by atoms with E-state index in [2.05, 4.69) is 17.2 Å². The fourth-order valence-electron chi connectivity index (χ4n) is 1.72. The van der Waals surface area contributed by atoms with E-state index < -0.39 is 0 Å². The SMILES string of the molecule is CCNCc1cnccc1OCc1ccccc1Cl. The van der Waals surface area contributed by atoms with Gasteiger partial charge in [-0.2, -0.15) is 0 Å². The van der Waals surface area contributed by atoms with Crippen molar-refractivity contribution < 1.29 is 4.74 Å². The summed E-state index contributed by atoms with van der Waals surface area (Å²) in [7, 11) is 0. The zero-order chi connectivity index (χ0) is 13.5. The Kier molecular flexibility index (Phi) is 5.19. The van der Waals surface area contributed by atoms with E-state index in [1.54, 1.807) is 6.20 Å². The van der Waals surface area contributed by atoms with Crippen molar-refractivity contribution in [3.8, 4) is 5.75 Å². The largest absolute Gasteiger partial charge is 0.488 e.